The van der Waals surface area contributed by atoms with Gasteiger partial charge in [-0.2, -0.15) is 0 Å². The molecule has 0 spiro atoms. The zero-order chi connectivity index (χ0) is 21.3. The zero-order valence-electron chi connectivity index (χ0n) is 16.3. The molecule has 4 rings (SSSR count). The molecule has 2 aromatic heterocycles. The second kappa shape index (κ2) is 8.07. The Hall–Kier alpha value is -3.53. The van der Waals surface area contributed by atoms with Crippen LogP contribution in [0.4, 0.5) is 11.6 Å². The summed E-state index contributed by atoms with van der Waals surface area (Å²) >= 11 is 1.19. The fraction of sp³-hybridized carbons (Fsp3) is 0.250. The molecule has 4 N–H and O–H groups in total. The van der Waals surface area contributed by atoms with Crippen LogP contribution in [0.2, 0.25) is 0 Å². The number of thiophene rings is 1. The van der Waals surface area contributed by atoms with Gasteiger partial charge < -0.3 is 21.2 Å². The fourth-order valence-electron chi connectivity index (χ4n) is 3.44. The molecule has 0 aliphatic carbocycles. The highest BCUT2D eigenvalue weighted by molar-refractivity contribution is 7.20. The average molecular weight is 424 g/mol. The van der Waals surface area contributed by atoms with Crippen molar-refractivity contribution in [1.82, 2.24) is 15.3 Å². The van der Waals surface area contributed by atoms with Crippen LogP contribution < -0.4 is 16.0 Å². The number of nitrogens with zero attached hydrogens (tertiary/aromatic N) is 4. The van der Waals surface area contributed by atoms with Crippen LogP contribution in [-0.4, -0.2) is 45.8 Å². The van der Waals surface area contributed by atoms with Crippen molar-refractivity contribution in [2.45, 2.75) is 19.8 Å². The van der Waals surface area contributed by atoms with Crippen LogP contribution in [0.25, 0.3) is 10.2 Å². The first-order valence-electron chi connectivity index (χ1n) is 9.50. The van der Waals surface area contributed by atoms with Gasteiger partial charge in [-0.3, -0.25) is 9.59 Å². The van der Waals surface area contributed by atoms with E-state index in [1.165, 1.54) is 11.3 Å². The Bertz CT molecular complexity index is 1160. The highest BCUT2D eigenvalue weighted by atomic mass is 32.1. The van der Waals surface area contributed by atoms with Crippen LogP contribution in [-0.2, 0) is 4.79 Å². The quantitative estimate of drug-likeness (QED) is 0.327. The Morgan fingerprint density at radius 2 is 2.10 bits per heavy atom. The number of hydrogen-bond donors (Lipinski definition) is 3. The highest BCUT2D eigenvalue weighted by Crippen LogP contribution is 2.29. The smallest absolute Gasteiger partial charge is 0.261 e. The number of fused-ring (bicyclic) bond motifs is 1. The van der Waals surface area contributed by atoms with Crippen LogP contribution in [0, 0.1) is 0 Å². The first-order chi connectivity index (χ1) is 14.5. The SMILES string of the molecule is CCNC(=O)c1cc2c(/C(=N/O)c3ccc(N4CCCC4=O)cc3)nc(N)nc2s1. The van der Waals surface area contributed by atoms with Gasteiger partial charge in [-0.1, -0.05) is 17.3 Å². The molecule has 1 fully saturated rings. The molecule has 3 aromatic rings. The summed E-state index contributed by atoms with van der Waals surface area (Å²) in [4.78, 5) is 35.4. The Labute approximate surface area is 176 Å². The lowest BCUT2D eigenvalue weighted by molar-refractivity contribution is -0.117. The number of rotatable bonds is 5. The number of carbonyl (C=O) groups excluding carboxylic acids is 2. The first-order valence-corrected chi connectivity index (χ1v) is 10.3. The first kappa shape index (κ1) is 19.8. The summed E-state index contributed by atoms with van der Waals surface area (Å²) < 4.78 is 0. The summed E-state index contributed by atoms with van der Waals surface area (Å²) in [7, 11) is 0. The summed E-state index contributed by atoms with van der Waals surface area (Å²) in [5, 5.41) is 16.5. The Balaban J connectivity index is 1.74. The number of nitrogen functional groups attached to an aromatic ring is 1. The molecule has 10 heteroatoms. The number of hydrogen-bond acceptors (Lipinski definition) is 8. The second-order valence-electron chi connectivity index (χ2n) is 6.76. The minimum Gasteiger partial charge on any atom is -0.410 e. The molecule has 0 saturated carbocycles. The number of aromatic nitrogens is 2. The van der Waals surface area contributed by atoms with Crippen molar-refractivity contribution in [3.05, 3.63) is 46.5 Å². The van der Waals surface area contributed by atoms with Gasteiger partial charge in [0.25, 0.3) is 5.91 Å². The van der Waals surface area contributed by atoms with Gasteiger partial charge in [0.15, 0.2) is 0 Å². The topological polar surface area (TPSA) is 134 Å². The number of nitrogens with two attached hydrogens (primary N) is 1. The summed E-state index contributed by atoms with van der Waals surface area (Å²) in [5.74, 6) is -0.102. The van der Waals surface area contributed by atoms with Crippen LogP contribution in [0.1, 0.15) is 40.7 Å². The van der Waals surface area contributed by atoms with Gasteiger partial charge in [0.2, 0.25) is 11.9 Å². The van der Waals surface area contributed by atoms with E-state index in [4.69, 9.17) is 5.73 Å². The van der Waals surface area contributed by atoms with E-state index in [2.05, 4.69) is 20.4 Å². The van der Waals surface area contributed by atoms with Crippen molar-refractivity contribution in [2.24, 2.45) is 5.16 Å². The van der Waals surface area contributed by atoms with Crippen LogP contribution in [0.3, 0.4) is 0 Å². The van der Waals surface area contributed by atoms with E-state index in [0.717, 1.165) is 12.1 Å². The monoisotopic (exact) mass is 424 g/mol. The van der Waals surface area contributed by atoms with E-state index in [9.17, 15) is 14.8 Å². The van der Waals surface area contributed by atoms with E-state index in [0.29, 0.717) is 45.9 Å². The number of amides is 2. The normalized spacial score (nSPS) is 14.5. The van der Waals surface area contributed by atoms with Gasteiger partial charge in [0.05, 0.1) is 4.88 Å². The third kappa shape index (κ3) is 3.57. The van der Waals surface area contributed by atoms with Crippen molar-refractivity contribution < 1.29 is 14.8 Å². The highest BCUT2D eigenvalue weighted by Gasteiger charge is 2.23. The minimum atomic E-state index is -0.216. The van der Waals surface area contributed by atoms with Gasteiger partial charge in [-0.05, 0) is 31.5 Å². The number of oxime groups is 1. The summed E-state index contributed by atoms with van der Waals surface area (Å²) in [6.07, 6.45) is 1.39. The van der Waals surface area contributed by atoms with Gasteiger partial charge in [-0.15, -0.1) is 11.3 Å². The maximum Gasteiger partial charge on any atom is 0.261 e. The molecule has 0 radical (unpaired) electrons. The molecule has 30 heavy (non-hydrogen) atoms. The van der Waals surface area contributed by atoms with Gasteiger partial charge in [-0.25, -0.2) is 9.97 Å². The third-order valence-electron chi connectivity index (χ3n) is 4.82. The number of benzene rings is 1. The molecule has 1 aliphatic rings. The molecule has 0 atom stereocenters. The van der Waals surface area contributed by atoms with Gasteiger partial charge in [0.1, 0.15) is 16.2 Å². The summed E-state index contributed by atoms with van der Waals surface area (Å²) in [6.45, 7) is 3.03. The standard InChI is InChI=1S/C20H20N6O3S/c1-2-22-18(28)14-10-13-17(23-20(21)24-19(13)30-14)16(25-29)11-5-7-12(8-6-11)26-9-3-4-15(26)27/h5-8,10,29H,2-4,9H2,1H3,(H,22,28)(H2,21,23,24)/b25-16+. The molecule has 1 aliphatic heterocycles. The molecule has 1 saturated heterocycles. The van der Waals surface area contributed by atoms with Crippen molar-refractivity contribution in [3.63, 3.8) is 0 Å². The van der Waals surface area contributed by atoms with Crippen LogP contribution in [0.15, 0.2) is 35.5 Å². The molecule has 1 aromatic carbocycles. The van der Waals surface area contributed by atoms with Gasteiger partial charge >= 0.3 is 0 Å². The number of nitrogens with one attached hydrogen (secondary N) is 1. The largest absolute Gasteiger partial charge is 0.410 e. The Kier molecular flexibility index (Phi) is 5.32. The van der Waals surface area contributed by atoms with E-state index in [-0.39, 0.29) is 23.5 Å². The molecule has 0 bridgehead atoms. The zero-order valence-corrected chi connectivity index (χ0v) is 17.1. The van der Waals surface area contributed by atoms with E-state index in [1.54, 1.807) is 35.2 Å². The molecule has 154 valence electrons. The average Bonchev–Trinajstić information content (AvgIpc) is 3.35. The van der Waals surface area contributed by atoms with E-state index < -0.39 is 0 Å². The number of carbonyl (C=O) groups is 2. The van der Waals surface area contributed by atoms with E-state index in [1.807, 2.05) is 6.92 Å². The van der Waals surface area contributed by atoms with Crippen molar-refractivity contribution in [1.29, 1.82) is 0 Å². The predicted molar refractivity (Wildman–Crippen MR) is 115 cm³/mol. The maximum atomic E-state index is 12.2. The van der Waals surface area contributed by atoms with Crippen molar-refractivity contribution in [2.75, 3.05) is 23.7 Å². The minimum absolute atomic E-state index is 0.0160. The van der Waals surface area contributed by atoms with Crippen molar-refractivity contribution >= 4 is 50.7 Å². The van der Waals surface area contributed by atoms with Crippen molar-refractivity contribution in [3.8, 4) is 0 Å². The molecular formula is C20H20N6O3S. The molecular weight excluding hydrogens is 404 g/mol. The lowest BCUT2D eigenvalue weighted by Gasteiger charge is -2.16. The van der Waals surface area contributed by atoms with E-state index >= 15 is 0 Å². The Morgan fingerprint density at radius 3 is 2.73 bits per heavy atom. The molecule has 9 nitrogen and oxygen atoms in total. The van der Waals surface area contributed by atoms with Gasteiger partial charge in [0, 0.05) is 36.1 Å². The maximum absolute atomic E-state index is 12.2. The van der Waals surface area contributed by atoms with Crippen LogP contribution in [0.5, 0.6) is 0 Å². The lowest BCUT2D eigenvalue weighted by atomic mass is 10.0. The third-order valence-corrected chi connectivity index (χ3v) is 5.85. The predicted octanol–water partition coefficient (Wildman–Crippen LogP) is 2.38. The molecule has 3 heterocycles. The summed E-state index contributed by atoms with van der Waals surface area (Å²) in [5.41, 5.74) is 7.78. The van der Waals surface area contributed by atoms with Crippen LogP contribution >= 0.6 is 11.3 Å². The molecule has 0 unspecified atom stereocenters. The lowest BCUT2D eigenvalue weighted by Crippen LogP contribution is -2.23. The number of anilines is 2. The Morgan fingerprint density at radius 1 is 1.33 bits per heavy atom. The second-order valence-corrected chi connectivity index (χ2v) is 7.79. The molecule has 2 amide bonds. The summed E-state index contributed by atoms with van der Waals surface area (Å²) in [6, 6.07) is 8.80. The fourth-order valence-corrected chi connectivity index (χ4v) is 4.39.